The van der Waals surface area contributed by atoms with Gasteiger partial charge in [-0.3, -0.25) is 9.59 Å². The van der Waals surface area contributed by atoms with Crippen LogP contribution in [-0.2, 0) is 9.59 Å². The molecule has 0 heterocycles. The van der Waals surface area contributed by atoms with Crippen LogP contribution in [0.3, 0.4) is 0 Å². The summed E-state index contributed by atoms with van der Waals surface area (Å²) in [5, 5.41) is 17.0. The maximum absolute atomic E-state index is 10.3. The van der Waals surface area contributed by atoms with Gasteiger partial charge in [0.1, 0.15) is 0 Å². The fourth-order valence-electron chi connectivity index (χ4n) is 4.84. The molecule has 0 bridgehead atoms. The van der Waals surface area contributed by atoms with Gasteiger partial charge in [0.25, 0.3) is 0 Å². The average Bonchev–Trinajstić information content (AvgIpc) is 2.93. The van der Waals surface area contributed by atoms with E-state index in [0.29, 0.717) is 12.8 Å². The summed E-state index contributed by atoms with van der Waals surface area (Å²) < 4.78 is 0. The van der Waals surface area contributed by atoms with Crippen LogP contribution in [0.5, 0.6) is 0 Å². The molecule has 40 heavy (non-hydrogen) atoms. The third-order valence-electron chi connectivity index (χ3n) is 7.47. The van der Waals surface area contributed by atoms with Gasteiger partial charge in [0, 0.05) is 25.7 Å². The van der Waals surface area contributed by atoms with E-state index in [-0.39, 0.29) is 0 Å². The summed E-state index contributed by atoms with van der Waals surface area (Å²) in [6.07, 6.45) is 36.0. The Morgan fingerprint density at radius 3 is 0.850 bits per heavy atom. The van der Waals surface area contributed by atoms with Gasteiger partial charge >= 0.3 is 11.9 Å². The van der Waals surface area contributed by atoms with Crippen molar-refractivity contribution < 1.29 is 19.8 Å². The number of aliphatic carboxylic acids is 2. The third-order valence-corrected chi connectivity index (χ3v) is 7.47. The first-order valence-corrected chi connectivity index (χ1v) is 17.4. The zero-order chi connectivity index (χ0) is 29.8. The van der Waals surface area contributed by atoms with E-state index in [1.807, 2.05) is 0 Å². The van der Waals surface area contributed by atoms with Crippen molar-refractivity contribution in [3.8, 4) is 11.8 Å². The Hall–Kier alpha value is -1.50. The zero-order valence-corrected chi connectivity index (χ0v) is 26.9. The van der Waals surface area contributed by atoms with Gasteiger partial charge in [-0.2, -0.15) is 0 Å². The molecule has 0 aliphatic carbocycles. The van der Waals surface area contributed by atoms with Gasteiger partial charge in [-0.1, -0.05) is 155 Å². The smallest absolute Gasteiger partial charge is 0.303 e. The van der Waals surface area contributed by atoms with E-state index in [2.05, 4.69) is 25.7 Å². The van der Waals surface area contributed by atoms with Crippen molar-refractivity contribution in [2.75, 3.05) is 0 Å². The highest BCUT2D eigenvalue weighted by molar-refractivity contribution is 5.66. The number of rotatable bonds is 29. The van der Waals surface area contributed by atoms with Gasteiger partial charge < -0.3 is 10.2 Å². The maximum Gasteiger partial charge on any atom is 0.303 e. The van der Waals surface area contributed by atoms with Crippen LogP contribution < -0.4 is 0 Å². The molecule has 0 atom stereocenters. The van der Waals surface area contributed by atoms with Crippen molar-refractivity contribution in [1.82, 2.24) is 0 Å². The van der Waals surface area contributed by atoms with E-state index in [9.17, 15) is 9.59 Å². The van der Waals surface area contributed by atoms with Crippen LogP contribution in [0.2, 0.25) is 0 Å². The lowest BCUT2D eigenvalue weighted by molar-refractivity contribution is -0.138. The Morgan fingerprint density at radius 1 is 0.375 bits per heavy atom. The van der Waals surface area contributed by atoms with Crippen molar-refractivity contribution in [1.29, 1.82) is 0 Å². The second kappa shape index (κ2) is 37.5. The van der Waals surface area contributed by atoms with Crippen LogP contribution >= 0.6 is 0 Å². The van der Waals surface area contributed by atoms with Gasteiger partial charge in [-0.15, -0.1) is 11.8 Å². The predicted molar refractivity (Wildman–Crippen MR) is 173 cm³/mol. The molecule has 0 fully saturated rings. The molecule has 0 aliphatic rings. The third kappa shape index (κ3) is 43.5. The van der Waals surface area contributed by atoms with Gasteiger partial charge in [0.15, 0.2) is 0 Å². The van der Waals surface area contributed by atoms with E-state index < -0.39 is 11.9 Å². The second-order valence-corrected chi connectivity index (χ2v) is 11.6. The first kappa shape index (κ1) is 40.6. The molecular weight excluding hydrogens is 496 g/mol. The number of carboxylic acid groups (broad SMARTS) is 2. The van der Waals surface area contributed by atoms with Crippen molar-refractivity contribution in [2.24, 2.45) is 0 Å². The molecule has 4 heteroatoms. The molecule has 0 aliphatic heterocycles. The lowest BCUT2D eigenvalue weighted by atomic mass is 10.0. The molecule has 0 aromatic rings. The molecule has 0 amide bonds. The van der Waals surface area contributed by atoms with Gasteiger partial charge in [-0.05, 0) is 25.7 Å². The molecule has 0 aromatic carbocycles. The molecule has 4 nitrogen and oxygen atoms in total. The maximum atomic E-state index is 10.3. The molecule has 236 valence electrons. The number of unbranched alkanes of at least 4 members (excludes halogenated alkanes) is 25. The van der Waals surface area contributed by atoms with Crippen LogP contribution in [-0.4, -0.2) is 22.2 Å². The standard InChI is InChI=1S/C18H36O2.C18H32O2/c2*1-2-3-4-5-6-7-8-9-10-11-12-13-14-15-16-17-18(19)20/h2-17H2,1H3,(H,19,20);2-8,11-17H2,1H3,(H,19,20). The van der Waals surface area contributed by atoms with E-state index in [4.69, 9.17) is 10.2 Å². The lowest BCUT2D eigenvalue weighted by Crippen LogP contribution is -1.93. The highest BCUT2D eigenvalue weighted by Gasteiger charge is 1.98. The summed E-state index contributed by atoms with van der Waals surface area (Å²) in [4.78, 5) is 20.6. The molecule has 0 aromatic heterocycles. The Bertz CT molecular complexity index is 575. The molecule has 0 saturated carbocycles. The summed E-state index contributed by atoms with van der Waals surface area (Å²) in [6, 6.07) is 0. The zero-order valence-electron chi connectivity index (χ0n) is 26.9. The van der Waals surface area contributed by atoms with Gasteiger partial charge in [0.2, 0.25) is 0 Å². The summed E-state index contributed by atoms with van der Waals surface area (Å²) in [5.41, 5.74) is 0. The minimum atomic E-state index is -0.675. The van der Waals surface area contributed by atoms with Crippen molar-refractivity contribution >= 4 is 11.9 Å². The molecule has 0 radical (unpaired) electrons. The fraction of sp³-hybridized carbons (Fsp3) is 0.889. The first-order chi connectivity index (χ1) is 19.5. The Balaban J connectivity index is 0. The fourth-order valence-corrected chi connectivity index (χ4v) is 4.84. The lowest BCUT2D eigenvalue weighted by Gasteiger charge is -2.03. The number of carbonyl (C=O) groups is 2. The molecule has 0 spiro atoms. The minimum Gasteiger partial charge on any atom is -0.481 e. The Morgan fingerprint density at radius 2 is 0.600 bits per heavy atom. The monoisotopic (exact) mass is 565 g/mol. The number of hydrogen-bond acceptors (Lipinski definition) is 2. The van der Waals surface area contributed by atoms with Crippen LogP contribution in [0, 0.1) is 11.8 Å². The molecule has 0 unspecified atom stereocenters. The van der Waals surface area contributed by atoms with E-state index in [0.717, 1.165) is 51.4 Å². The van der Waals surface area contributed by atoms with E-state index >= 15 is 0 Å². The Kier molecular flexibility index (Phi) is 38.1. The van der Waals surface area contributed by atoms with Gasteiger partial charge in [0.05, 0.1) is 0 Å². The van der Waals surface area contributed by atoms with Crippen molar-refractivity contribution in [2.45, 2.75) is 206 Å². The molecular formula is C36H68O4. The van der Waals surface area contributed by atoms with Crippen LogP contribution in [0.25, 0.3) is 0 Å². The second-order valence-electron chi connectivity index (χ2n) is 11.6. The van der Waals surface area contributed by atoms with Crippen LogP contribution in [0.1, 0.15) is 206 Å². The highest BCUT2D eigenvalue weighted by Crippen LogP contribution is 2.14. The highest BCUT2D eigenvalue weighted by atomic mass is 16.4. The van der Waals surface area contributed by atoms with Gasteiger partial charge in [-0.25, -0.2) is 0 Å². The van der Waals surface area contributed by atoms with E-state index in [1.165, 1.54) is 128 Å². The van der Waals surface area contributed by atoms with Crippen LogP contribution in [0.4, 0.5) is 0 Å². The molecule has 0 saturated heterocycles. The normalized spacial score (nSPS) is 10.4. The quantitative estimate of drug-likeness (QED) is 0.0699. The number of carboxylic acids is 2. The molecule has 2 N–H and O–H groups in total. The van der Waals surface area contributed by atoms with Crippen molar-refractivity contribution in [3.63, 3.8) is 0 Å². The van der Waals surface area contributed by atoms with Crippen molar-refractivity contribution in [3.05, 3.63) is 0 Å². The average molecular weight is 565 g/mol. The first-order valence-electron chi connectivity index (χ1n) is 17.4. The van der Waals surface area contributed by atoms with E-state index in [1.54, 1.807) is 0 Å². The Labute approximate surface area is 249 Å². The largest absolute Gasteiger partial charge is 0.481 e. The topological polar surface area (TPSA) is 74.6 Å². The predicted octanol–water partition coefficient (Wildman–Crippen LogP) is 11.9. The summed E-state index contributed by atoms with van der Waals surface area (Å²) >= 11 is 0. The number of hydrogen-bond donors (Lipinski definition) is 2. The van der Waals surface area contributed by atoms with Crippen LogP contribution in [0.15, 0.2) is 0 Å². The minimum absolute atomic E-state index is 0.318. The SMILES string of the molecule is CCCCCCCCC#CCCCCCCCC(=O)O.CCCCCCCCCCCCCCCCCC(=O)O. The summed E-state index contributed by atoms with van der Waals surface area (Å²) in [7, 11) is 0. The summed E-state index contributed by atoms with van der Waals surface area (Å²) in [6.45, 7) is 4.52. The summed E-state index contributed by atoms with van der Waals surface area (Å²) in [5.74, 6) is 5.19. The molecule has 0 rings (SSSR count).